The molecule has 0 bridgehead atoms. The molecule has 3 aliphatic heterocycles. The third-order valence-electron chi connectivity index (χ3n) is 7.42. The summed E-state index contributed by atoms with van der Waals surface area (Å²) in [5, 5.41) is 42.0. The number of fused-ring (bicyclic) bond motifs is 1. The number of aliphatic hydroxyl groups is 4. The maximum absolute atomic E-state index is 12.5. The van der Waals surface area contributed by atoms with Crippen molar-refractivity contribution in [1.82, 2.24) is 10.6 Å². The van der Waals surface area contributed by atoms with Crippen LogP contribution in [-0.4, -0.2) is 158 Å². The van der Waals surface area contributed by atoms with Gasteiger partial charge in [-0.3, -0.25) is 9.59 Å². The molecule has 3 fully saturated rings. The van der Waals surface area contributed by atoms with E-state index in [1.807, 2.05) is 13.8 Å². The van der Waals surface area contributed by atoms with E-state index in [-0.39, 0.29) is 19.8 Å². The monoisotopic (exact) mass is 774 g/mol. The fraction of sp³-hybridized carbons (Fsp3) is 0.800. The molecule has 304 valence electrons. The lowest BCUT2D eigenvalue weighted by Gasteiger charge is -2.49. The predicted molar refractivity (Wildman–Crippen MR) is 164 cm³/mol. The Balaban J connectivity index is 0.000000443. The molecule has 52 heavy (non-hydrogen) atoms. The second kappa shape index (κ2) is 20.3. The summed E-state index contributed by atoms with van der Waals surface area (Å²) in [5.41, 5.74) is 0. The van der Waals surface area contributed by atoms with Crippen LogP contribution < -0.4 is 10.6 Å². The minimum atomic E-state index is -5.17. The van der Waals surface area contributed by atoms with E-state index in [1.165, 1.54) is 17.5 Å². The highest BCUT2D eigenvalue weighted by atomic mass is 19.4. The zero-order valence-electron chi connectivity index (χ0n) is 29.3. The highest BCUT2D eigenvalue weighted by molar-refractivity contribution is 5.82. The summed E-state index contributed by atoms with van der Waals surface area (Å²) in [5.74, 6) is -5.97. The summed E-state index contributed by atoms with van der Waals surface area (Å²) in [6, 6.07) is -3.12. The van der Waals surface area contributed by atoms with Gasteiger partial charge in [-0.2, -0.15) is 26.3 Å². The summed E-state index contributed by atoms with van der Waals surface area (Å²) >= 11 is 0. The van der Waals surface area contributed by atoms with E-state index >= 15 is 0 Å². The molecule has 0 saturated carbocycles. The van der Waals surface area contributed by atoms with Gasteiger partial charge in [-0.05, 0) is 27.7 Å². The lowest BCUT2D eigenvalue weighted by atomic mass is 9.95. The second-order valence-corrected chi connectivity index (χ2v) is 12.1. The Morgan fingerprint density at radius 2 is 1.27 bits per heavy atom. The number of hydrogen-bond acceptors (Lipinski definition) is 14. The molecule has 0 aromatic heterocycles. The maximum Gasteiger partial charge on any atom is 0.471 e. The fourth-order valence-electron chi connectivity index (χ4n) is 4.39. The SMILES string of the molecule is C=CCO[C@H]1O[C@@H]2COC(C)(C)O[C@H]2[C@H](O)[C@H]1NC(=O)C(F)(F)F.C=CCO[C@H]1O[C@H](CO)[C@@H](O)[C@H](O)[C@H]1NC(=O)C(F)(F)F.COC(C)(C)OC. The molecule has 0 aliphatic carbocycles. The zero-order valence-corrected chi connectivity index (χ0v) is 29.3. The zero-order chi connectivity index (χ0) is 40.2. The first-order valence-electron chi connectivity index (χ1n) is 15.5. The molecule has 3 heterocycles. The van der Waals surface area contributed by atoms with Crippen molar-refractivity contribution in [1.29, 1.82) is 0 Å². The number of rotatable bonds is 11. The third-order valence-corrected chi connectivity index (χ3v) is 7.42. The number of aliphatic hydroxyl groups excluding tert-OH is 4. The van der Waals surface area contributed by atoms with Crippen LogP contribution in [0.4, 0.5) is 26.3 Å². The van der Waals surface area contributed by atoms with Crippen molar-refractivity contribution in [3.63, 3.8) is 0 Å². The number of halogens is 6. The van der Waals surface area contributed by atoms with Crippen molar-refractivity contribution in [2.45, 2.75) is 113 Å². The Morgan fingerprint density at radius 3 is 1.65 bits per heavy atom. The molecule has 0 unspecified atom stereocenters. The normalized spacial score (nSPS) is 31.7. The van der Waals surface area contributed by atoms with Crippen molar-refractivity contribution in [2.75, 3.05) is 40.6 Å². The Hall–Kier alpha value is -2.48. The van der Waals surface area contributed by atoms with Crippen molar-refractivity contribution < 1.29 is 94.3 Å². The van der Waals surface area contributed by atoms with Gasteiger partial charge in [0, 0.05) is 14.2 Å². The van der Waals surface area contributed by atoms with Crippen molar-refractivity contribution >= 4 is 11.8 Å². The Kier molecular flexibility index (Phi) is 18.5. The molecule has 16 nitrogen and oxygen atoms in total. The van der Waals surface area contributed by atoms with Gasteiger partial charge in [-0.25, -0.2) is 0 Å². The van der Waals surface area contributed by atoms with E-state index in [1.54, 1.807) is 33.4 Å². The summed E-state index contributed by atoms with van der Waals surface area (Å²) < 4.78 is 116. The maximum atomic E-state index is 12.5. The molecular weight excluding hydrogens is 726 g/mol. The fourth-order valence-corrected chi connectivity index (χ4v) is 4.39. The van der Waals surface area contributed by atoms with Crippen LogP contribution >= 0.6 is 0 Å². The molecule has 10 atom stereocenters. The van der Waals surface area contributed by atoms with E-state index in [0.717, 1.165) is 0 Å². The molecule has 3 aliphatic rings. The molecule has 2 amide bonds. The first-order chi connectivity index (χ1) is 23.9. The van der Waals surface area contributed by atoms with Crippen LogP contribution in [0.1, 0.15) is 27.7 Å². The van der Waals surface area contributed by atoms with Gasteiger partial charge in [0.15, 0.2) is 24.2 Å². The third kappa shape index (κ3) is 14.4. The molecule has 0 aromatic rings. The van der Waals surface area contributed by atoms with E-state index < -0.39 is 104 Å². The average molecular weight is 775 g/mol. The molecular formula is C30H48F6N2O14. The van der Waals surface area contributed by atoms with Gasteiger partial charge >= 0.3 is 24.2 Å². The van der Waals surface area contributed by atoms with Gasteiger partial charge in [0.1, 0.15) is 48.7 Å². The quantitative estimate of drug-likeness (QED) is 0.0939. The number of amides is 2. The number of hydrogen-bond donors (Lipinski definition) is 6. The number of carbonyl (C=O) groups excluding carboxylic acids is 2. The minimum absolute atomic E-state index is 0.0413. The van der Waals surface area contributed by atoms with Crippen LogP contribution in [0.2, 0.25) is 0 Å². The van der Waals surface area contributed by atoms with Gasteiger partial charge in [0.05, 0.1) is 26.4 Å². The van der Waals surface area contributed by atoms with E-state index in [9.17, 15) is 51.3 Å². The molecule has 3 rings (SSSR count). The van der Waals surface area contributed by atoms with Crippen molar-refractivity contribution in [2.24, 2.45) is 0 Å². The summed E-state index contributed by atoms with van der Waals surface area (Å²) in [4.78, 5) is 22.2. The lowest BCUT2D eigenvalue weighted by Crippen LogP contribution is -2.69. The summed E-state index contributed by atoms with van der Waals surface area (Å²) in [6.45, 7) is 12.9. The molecule has 0 aromatic carbocycles. The number of nitrogens with one attached hydrogen (secondary N) is 2. The Morgan fingerprint density at radius 1 is 0.827 bits per heavy atom. The van der Waals surface area contributed by atoms with Crippen LogP contribution in [0.15, 0.2) is 25.3 Å². The average Bonchev–Trinajstić information content (AvgIpc) is 3.06. The van der Waals surface area contributed by atoms with Crippen LogP contribution in [-0.2, 0) is 47.5 Å². The van der Waals surface area contributed by atoms with Gasteiger partial charge in [-0.15, -0.1) is 13.2 Å². The molecule has 0 radical (unpaired) electrons. The highest BCUT2D eigenvalue weighted by Crippen LogP contribution is 2.33. The van der Waals surface area contributed by atoms with E-state index in [2.05, 4.69) is 13.2 Å². The number of carbonyl (C=O) groups is 2. The minimum Gasteiger partial charge on any atom is -0.394 e. The first-order valence-corrected chi connectivity index (χ1v) is 15.5. The Labute approximate surface area is 295 Å². The van der Waals surface area contributed by atoms with E-state index in [4.69, 9.17) is 43.0 Å². The molecule has 6 N–H and O–H groups in total. The molecule has 0 spiro atoms. The second-order valence-electron chi connectivity index (χ2n) is 12.1. The van der Waals surface area contributed by atoms with Gasteiger partial charge in [0.2, 0.25) is 0 Å². The smallest absolute Gasteiger partial charge is 0.394 e. The van der Waals surface area contributed by atoms with E-state index in [0.29, 0.717) is 0 Å². The van der Waals surface area contributed by atoms with Gasteiger partial charge in [0.25, 0.3) is 0 Å². The van der Waals surface area contributed by atoms with Crippen LogP contribution in [0.25, 0.3) is 0 Å². The van der Waals surface area contributed by atoms with Gasteiger partial charge in [-0.1, -0.05) is 12.2 Å². The predicted octanol–water partition coefficient (Wildman–Crippen LogP) is 0.164. The topological polar surface area (TPSA) is 213 Å². The number of ether oxygens (including phenoxy) is 8. The summed E-state index contributed by atoms with van der Waals surface area (Å²) in [7, 11) is 3.23. The standard InChI is InChI=1S/C14H20F3NO6.C11H16F3NO6.C5H12O2/c1-4-5-21-11-8(18-12(20)14(15,16)17)9(19)10-7(23-11)6-22-13(2,3)24-10;1-2-3-20-9-6(15-10(19)11(12,13)14)8(18)7(17)5(4-16)21-9;1-5(2,6-3)7-4/h4,7-11,19H,1,5-6H2,2-3H3,(H,18,20);2,5-9,16-18H,1,3-4H2,(H,15,19);1-4H3/t7-,8-,9-,10-,11+;5-,6-,7-,8-,9+;/m11./s1. The van der Waals surface area contributed by atoms with Crippen molar-refractivity contribution in [3.8, 4) is 0 Å². The molecule has 22 heteroatoms. The summed E-state index contributed by atoms with van der Waals surface area (Å²) in [6.07, 6.45) is -18.4. The number of methoxy groups -OCH3 is 2. The number of alkyl halides is 6. The first kappa shape index (κ1) is 47.5. The Bertz CT molecular complexity index is 1140. The van der Waals surface area contributed by atoms with Crippen molar-refractivity contribution in [3.05, 3.63) is 25.3 Å². The molecule has 3 saturated heterocycles. The van der Waals surface area contributed by atoms with Crippen LogP contribution in [0.5, 0.6) is 0 Å². The largest absolute Gasteiger partial charge is 0.471 e. The lowest BCUT2D eigenvalue weighted by molar-refractivity contribution is -0.368. The van der Waals surface area contributed by atoms with Crippen LogP contribution in [0, 0.1) is 0 Å². The van der Waals surface area contributed by atoms with Crippen LogP contribution in [0.3, 0.4) is 0 Å². The van der Waals surface area contributed by atoms with Gasteiger partial charge < -0.3 is 69.0 Å². The highest BCUT2D eigenvalue weighted by Gasteiger charge is 2.53.